The molecule has 2 N–H and O–H groups in total. The Balaban J connectivity index is 4.87. The lowest BCUT2D eigenvalue weighted by Gasteiger charge is -2.09. The van der Waals surface area contributed by atoms with Crippen molar-refractivity contribution >= 4 is 0 Å². The minimum atomic E-state index is 0.712. The molecule has 13 heavy (non-hydrogen) atoms. The van der Waals surface area contributed by atoms with Gasteiger partial charge in [-0.25, -0.2) is 0 Å². The van der Waals surface area contributed by atoms with E-state index in [1.54, 1.807) is 0 Å². The third-order valence-electron chi connectivity index (χ3n) is 2.02. The van der Waals surface area contributed by atoms with Gasteiger partial charge in [0.2, 0.25) is 0 Å². The van der Waals surface area contributed by atoms with Gasteiger partial charge in [-0.05, 0) is 30.9 Å². The minimum absolute atomic E-state index is 0.712. The molecule has 1 nitrogen and oxygen atoms in total. The standard InChI is InChI=1S/C12H21N/c1-5-8-11(9-6-2)12(7-3)10(4)13/h5,8H,4,6-7,9,13H2,1-3H3/b8-5-,12-11+. The Kier molecular flexibility index (Phi) is 6.03. The lowest BCUT2D eigenvalue weighted by molar-refractivity contribution is 0.898. The Labute approximate surface area is 82.0 Å². The average Bonchev–Trinajstić information content (AvgIpc) is 2.05. The van der Waals surface area contributed by atoms with E-state index in [9.17, 15) is 0 Å². The van der Waals surface area contributed by atoms with Gasteiger partial charge in [0.15, 0.2) is 0 Å². The van der Waals surface area contributed by atoms with Crippen LogP contribution in [-0.2, 0) is 0 Å². The van der Waals surface area contributed by atoms with Crippen molar-refractivity contribution in [2.24, 2.45) is 5.73 Å². The van der Waals surface area contributed by atoms with E-state index in [4.69, 9.17) is 5.73 Å². The molecule has 0 aromatic heterocycles. The van der Waals surface area contributed by atoms with Crippen molar-refractivity contribution in [2.75, 3.05) is 0 Å². The van der Waals surface area contributed by atoms with Crippen LogP contribution in [0.2, 0.25) is 0 Å². The lowest BCUT2D eigenvalue weighted by atomic mass is 9.99. The number of rotatable bonds is 5. The molecule has 0 aliphatic carbocycles. The number of nitrogens with two attached hydrogens (primary N) is 1. The topological polar surface area (TPSA) is 26.0 Å². The van der Waals surface area contributed by atoms with Crippen LogP contribution in [0.3, 0.4) is 0 Å². The predicted molar refractivity (Wildman–Crippen MR) is 60.4 cm³/mol. The van der Waals surface area contributed by atoms with Gasteiger partial charge in [-0.2, -0.15) is 0 Å². The maximum Gasteiger partial charge on any atom is 0.0276 e. The van der Waals surface area contributed by atoms with Crippen LogP contribution in [0.1, 0.15) is 40.0 Å². The summed E-state index contributed by atoms with van der Waals surface area (Å²) in [6.07, 6.45) is 7.40. The van der Waals surface area contributed by atoms with Crippen molar-refractivity contribution < 1.29 is 0 Å². The molecule has 0 amide bonds. The van der Waals surface area contributed by atoms with Crippen LogP contribution in [0, 0.1) is 0 Å². The quantitative estimate of drug-likeness (QED) is 0.642. The van der Waals surface area contributed by atoms with Crippen molar-refractivity contribution in [3.05, 3.63) is 35.6 Å². The molecule has 0 heterocycles. The van der Waals surface area contributed by atoms with Crippen molar-refractivity contribution in [1.82, 2.24) is 0 Å². The molecule has 1 heteroatoms. The highest BCUT2D eigenvalue weighted by molar-refractivity contribution is 5.36. The normalized spacial score (nSPS) is 13.2. The molecule has 0 atom stereocenters. The van der Waals surface area contributed by atoms with Crippen LogP contribution >= 0.6 is 0 Å². The van der Waals surface area contributed by atoms with Gasteiger partial charge in [0, 0.05) is 5.70 Å². The maximum absolute atomic E-state index is 5.72. The summed E-state index contributed by atoms with van der Waals surface area (Å²) in [6, 6.07) is 0. The first-order valence-corrected chi connectivity index (χ1v) is 4.96. The third-order valence-corrected chi connectivity index (χ3v) is 2.02. The second-order valence-corrected chi connectivity index (χ2v) is 3.13. The van der Waals surface area contributed by atoms with Crippen LogP contribution in [0.5, 0.6) is 0 Å². The lowest BCUT2D eigenvalue weighted by Crippen LogP contribution is -2.01. The van der Waals surface area contributed by atoms with Crippen molar-refractivity contribution in [3.8, 4) is 0 Å². The molecule has 0 aromatic rings. The fourth-order valence-corrected chi connectivity index (χ4v) is 1.47. The minimum Gasteiger partial charge on any atom is -0.399 e. The molecule has 0 unspecified atom stereocenters. The first-order chi connectivity index (χ1) is 6.17. The Morgan fingerprint density at radius 3 is 2.31 bits per heavy atom. The molecule has 0 fully saturated rings. The molecule has 0 radical (unpaired) electrons. The molecular weight excluding hydrogens is 158 g/mol. The van der Waals surface area contributed by atoms with E-state index in [-0.39, 0.29) is 0 Å². The van der Waals surface area contributed by atoms with Gasteiger partial charge < -0.3 is 5.73 Å². The van der Waals surface area contributed by atoms with Crippen molar-refractivity contribution in [1.29, 1.82) is 0 Å². The van der Waals surface area contributed by atoms with E-state index in [2.05, 4.69) is 32.6 Å². The zero-order chi connectivity index (χ0) is 10.3. The number of hydrogen-bond donors (Lipinski definition) is 1. The summed E-state index contributed by atoms with van der Waals surface area (Å²) in [7, 11) is 0. The molecule has 0 saturated carbocycles. The molecule has 0 aromatic carbocycles. The highest BCUT2D eigenvalue weighted by Gasteiger charge is 2.02. The number of allylic oxidation sites excluding steroid dienone is 4. The van der Waals surface area contributed by atoms with Crippen LogP contribution in [0.15, 0.2) is 35.6 Å². The summed E-state index contributed by atoms with van der Waals surface area (Å²) in [5, 5.41) is 0. The highest BCUT2D eigenvalue weighted by Crippen LogP contribution is 2.19. The van der Waals surface area contributed by atoms with E-state index < -0.39 is 0 Å². The molecule has 0 spiro atoms. The summed E-state index contributed by atoms with van der Waals surface area (Å²) in [4.78, 5) is 0. The fraction of sp³-hybridized carbons (Fsp3) is 0.500. The van der Waals surface area contributed by atoms with Gasteiger partial charge in [-0.3, -0.25) is 0 Å². The van der Waals surface area contributed by atoms with Crippen LogP contribution in [-0.4, -0.2) is 0 Å². The van der Waals surface area contributed by atoms with E-state index in [0.717, 1.165) is 19.3 Å². The number of hydrogen-bond acceptors (Lipinski definition) is 1. The molecule has 0 rings (SSSR count). The monoisotopic (exact) mass is 179 g/mol. The first-order valence-electron chi connectivity index (χ1n) is 4.96. The Hall–Kier alpha value is -0.980. The van der Waals surface area contributed by atoms with Gasteiger partial charge in [0.05, 0.1) is 0 Å². The largest absolute Gasteiger partial charge is 0.399 e. The predicted octanol–water partition coefficient (Wildman–Crippen LogP) is 3.54. The summed E-state index contributed by atoms with van der Waals surface area (Å²) in [6.45, 7) is 10.1. The van der Waals surface area contributed by atoms with Gasteiger partial charge >= 0.3 is 0 Å². The fourth-order valence-electron chi connectivity index (χ4n) is 1.47. The van der Waals surface area contributed by atoms with Gasteiger partial charge in [-0.1, -0.05) is 39.0 Å². The maximum atomic E-state index is 5.72. The zero-order valence-electron chi connectivity index (χ0n) is 9.06. The van der Waals surface area contributed by atoms with Crippen molar-refractivity contribution in [3.63, 3.8) is 0 Å². The average molecular weight is 179 g/mol. The van der Waals surface area contributed by atoms with E-state index in [1.165, 1.54) is 11.1 Å². The summed E-state index contributed by atoms with van der Waals surface area (Å²) >= 11 is 0. The summed E-state index contributed by atoms with van der Waals surface area (Å²) in [5.74, 6) is 0. The molecule has 0 saturated heterocycles. The summed E-state index contributed by atoms with van der Waals surface area (Å²) < 4.78 is 0. The molecule has 0 aliphatic rings. The van der Waals surface area contributed by atoms with Crippen molar-refractivity contribution in [2.45, 2.75) is 40.0 Å². The smallest absolute Gasteiger partial charge is 0.0276 e. The molecule has 0 bridgehead atoms. The first kappa shape index (κ1) is 12.0. The van der Waals surface area contributed by atoms with E-state index in [1.807, 2.05) is 6.92 Å². The Bertz CT molecular complexity index is 221. The Morgan fingerprint density at radius 1 is 1.38 bits per heavy atom. The van der Waals surface area contributed by atoms with Gasteiger partial charge in [0.25, 0.3) is 0 Å². The van der Waals surface area contributed by atoms with Crippen LogP contribution in [0.4, 0.5) is 0 Å². The SMILES string of the molecule is C=C(N)/C(CC)=C(\C=C/C)CCC. The summed E-state index contributed by atoms with van der Waals surface area (Å²) in [5.41, 5.74) is 8.98. The van der Waals surface area contributed by atoms with Crippen LogP contribution in [0.25, 0.3) is 0 Å². The third kappa shape index (κ3) is 3.97. The van der Waals surface area contributed by atoms with Gasteiger partial charge in [-0.15, -0.1) is 0 Å². The van der Waals surface area contributed by atoms with Crippen LogP contribution < -0.4 is 5.73 Å². The second-order valence-electron chi connectivity index (χ2n) is 3.13. The van der Waals surface area contributed by atoms with E-state index in [0.29, 0.717) is 5.70 Å². The molecule has 0 aliphatic heterocycles. The second kappa shape index (κ2) is 6.53. The molecular formula is C12H21N. The zero-order valence-corrected chi connectivity index (χ0v) is 9.06. The van der Waals surface area contributed by atoms with Gasteiger partial charge in [0.1, 0.15) is 0 Å². The van der Waals surface area contributed by atoms with E-state index >= 15 is 0 Å². The Morgan fingerprint density at radius 2 is 2.00 bits per heavy atom. The molecule has 74 valence electrons. The highest BCUT2D eigenvalue weighted by atomic mass is 14.6.